The molecule has 0 bridgehead atoms. The van der Waals surface area contributed by atoms with Gasteiger partial charge in [-0.05, 0) is 11.1 Å². The molecule has 0 fully saturated rings. The van der Waals surface area contributed by atoms with Crippen LogP contribution in [0.3, 0.4) is 0 Å². The third kappa shape index (κ3) is 5.70. The minimum atomic E-state index is -4.91. The summed E-state index contributed by atoms with van der Waals surface area (Å²) in [5.74, 6) is 1.00. The van der Waals surface area contributed by atoms with Crippen molar-refractivity contribution in [2.24, 2.45) is 0 Å². The van der Waals surface area contributed by atoms with E-state index >= 15 is 0 Å². The molecular weight excluding hydrogens is 460 g/mol. The van der Waals surface area contributed by atoms with Crippen molar-refractivity contribution in [3.63, 3.8) is 0 Å². The maximum atomic E-state index is 11.7. The van der Waals surface area contributed by atoms with Gasteiger partial charge in [-0.25, -0.2) is 9.97 Å². The quantitative estimate of drug-likeness (QED) is 0.244. The summed E-state index contributed by atoms with van der Waals surface area (Å²) in [6, 6.07) is 14.4. The van der Waals surface area contributed by atoms with Crippen LogP contribution >= 0.6 is 0 Å². The Labute approximate surface area is 182 Å². The van der Waals surface area contributed by atoms with Gasteiger partial charge in [0, 0.05) is 0 Å². The molecular formula is C18H16N6O6S2. The van der Waals surface area contributed by atoms with E-state index in [1.807, 2.05) is 0 Å². The number of nitrogens with one attached hydrogen (secondary N) is 2. The van der Waals surface area contributed by atoms with Gasteiger partial charge in [0.2, 0.25) is 11.6 Å². The largest absolute Gasteiger partial charge is 0.296 e. The highest BCUT2D eigenvalue weighted by atomic mass is 32.2. The summed E-state index contributed by atoms with van der Waals surface area (Å²) in [6.07, 6.45) is 2.96. The maximum absolute atomic E-state index is 11.7. The highest BCUT2D eigenvalue weighted by Crippen LogP contribution is 2.33. The summed E-state index contributed by atoms with van der Waals surface area (Å²) < 4.78 is 65.8. The van der Waals surface area contributed by atoms with Crippen LogP contribution in [0.5, 0.6) is 0 Å². The van der Waals surface area contributed by atoms with Gasteiger partial charge >= 0.3 is 0 Å². The van der Waals surface area contributed by atoms with Crippen LogP contribution in [-0.2, 0) is 20.2 Å². The van der Waals surface area contributed by atoms with Gasteiger partial charge in [-0.15, -0.1) is 0 Å². The number of hydrogen-bond donors (Lipinski definition) is 4. The first-order chi connectivity index (χ1) is 15.2. The lowest BCUT2D eigenvalue weighted by molar-refractivity contribution is 0.491. The summed E-state index contributed by atoms with van der Waals surface area (Å²) in [4.78, 5) is 5.95. The predicted octanol–water partition coefficient (Wildman–Crippen LogP) is 1.88. The van der Waals surface area contributed by atoms with Gasteiger partial charge in [0.1, 0.15) is 22.5 Å². The average molecular weight is 476 g/mol. The van der Waals surface area contributed by atoms with Crippen LogP contribution < -0.4 is 0 Å². The molecule has 2 heterocycles. The fraction of sp³-hybridized carbons (Fsp3) is 0. The third-order valence-electron chi connectivity index (χ3n) is 3.82. The Morgan fingerprint density at radius 3 is 1.22 bits per heavy atom. The van der Waals surface area contributed by atoms with E-state index in [0.717, 1.165) is 0 Å². The molecule has 4 aromatic rings. The van der Waals surface area contributed by atoms with Gasteiger partial charge in [-0.2, -0.15) is 27.0 Å². The number of H-pyrrole nitrogens is 2. The van der Waals surface area contributed by atoms with Crippen molar-refractivity contribution in [1.29, 1.82) is 0 Å². The average Bonchev–Trinajstić information content (AvgIpc) is 3.45. The van der Waals surface area contributed by atoms with Gasteiger partial charge in [0.25, 0.3) is 20.2 Å². The zero-order chi connectivity index (χ0) is 23.2. The second-order valence-corrected chi connectivity index (χ2v) is 8.70. The molecule has 0 saturated heterocycles. The smallest absolute Gasteiger partial charge is 0.282 e. The highest BCUT2D eigenvalue weighted by molar-refractivity contribution is 8.01. The lowest BCUT2D eigenvalue weighted by Gasteiger charge is -2.11. The first-order valence-electron chi connectivity index (χ1n) is 8.70. The molecule has 4 N–H and O–H groups in total. The van der Waals surface area contributed by atoms with Crippen LogP contribution in [0.4, 0.5) is 0 Å². The lowest BCUT2D eigenvalue weighted by Crippen LogP contribution is -2.11. The molecule has 14 heteroatoms. The van der Waals surface area contributed by atoms with Crippen LogP contribution in [0.25, 0.3) is 21.5 Å². The second-order valence-electron chi connectivity index (χ2n) is 5.99. The molecule has 12 nitrogen and oxygen atoms in total. The van der Waals surface area contributed by atoms with E-state index in [9.17, 15) is 25.9 Å². The van der Waals surface area contributed by atoms with Crippen LogP contribution in [-0.4, -0.2) is 56.3 Å². The molecule has 2 aromatic carbocycles. The number of rotatable bonds is 5. The van der Waals surface area contributed by atoms with Crippen molar-refractivity contribution >= 4 is 30.0 Å². The zero-order valence-corrected chi connectivity index (χ0v) is 17.7. The van der Waals surface area contributed by atoms with Crippen molar-refractivity contribution < 1.29 is 25.9 Å². The highest BCUT2D eigenvalue weighted by Gasteiger charge is 2.30. The fourth-order valence-electron chi connectivity index (χ4n) is 2.61. The molecule has 0 unspecified atom stereocenters. The van der Waals surface area contributed by atoms with Crippen molar-refractivity contribution in [3.8, 4) is 11.6 Å². The van der Waals surface area contributed by atoms with Crippen LogP contribution in [0.15, 0.2) is 73.3 Å². The summed E-state index contributed by atoms with van der Waals surface area (Å²) in [5.41, 5.74) is -0.108. The Morgan fingerprint density at radius 1 is 0.625 bits per heavy atom. The standard InChI is InChI=1S/C14H12O6S2.C4H4N6/c15-21(16,17)13(11-7-3-1-4-8-11)14(22(18,19)20)12-9-5-2-6-10-12;1-5-3(9-7-1)4-6-2-8-10-4/h1-10H,(H,15,16,17)(H,18,19,20);1-2H,(H,5,7,9)(H,6,8,10). The molecule has 0 atom stereocenters. The Hall–Kier alpha value is -3.72. The number of hydrogen-bond acceptors (Lipinski definition) is 8. The maximum Gasteiger partial charge on any atom is 0.296 e. The Kier molecular flexibility index (Phi) is 6.89. The molecule has 0 aliphatic rings. The van der Waals surface area contributed by atoms with Crippen molar-refractivity contribution in [2.75, 3.05) is 0 Å². The first kappa shape index (κ1) is 23.0. The number of aromatic nitrogens is 6. The molecule has 166 valence electrons. The van der Waals surface area contributed by atoms with Gasteiger partial charge in [-0.3, -0.25) is 19.3 Å². The Balaban J connectivity index is 0.000000238. The minimum Gasteiger partial charge on any atom is -0.282 e. The monoisotopic (exact) mass is 476 g/mol. The van der Waals surface area contributed by atoms with E-state index in [2.05, 4.69) is 30.4 Å². The van der Waals surface area contributed by atoms with E-state index in [4.69, 9.17) is 0 Å². The van der Waals surface area contributed by atoms with E-state index in [-0.39, 0.29) is 11.1 Å². The van der Waals surface area contributed by atoms with Gasteiger partial charge in [0.15, 0.2) is 0 Å². The third-order valence-corrected chi connectivity index (χ3v) is 5.86. The van der Waals surface area contributed by atoms with Gasteiger partial charge in [-0.1, -0.05) is 60.7 Å². The predicted molar refractivity (Wildman–Crippen MR) is 115 cm³/mol. The second kappa shape index (κ2) is 9.61. The van der Waals surface area contributed by atoms with E-state index < -0.39 is 30.0 Å². The Bertz CT molecular complexity index is 1280. The van der Waals surface area contributed by atoms with E-state index in [1.54, 1.807) is 12.1 Å². The molecule has 4 rings (SSSR count). The first-order valence-corrected chi connectivity index (χ1v) is 11.6. The normalized spacial score (nSPS) is 12.4. The lowest BCUT2D eigenvalue weighted by atomic mass is 10.1. The van der Waals surface area contributed by atoms with Gasteiger partial charge in [0.05, 0.1) is 0 Å². The zero-order valence-electron chi connectivity index (χ0n) is 16.1. The number of aromatic amines is 2. The number of benzene rings is 2. The van der Waals surface area contributed by atoms with Crippen LogP contribution in [0.1, 0.15) is 11.1 Å². The summed E-state index contributed by atoms with van der Waals surface area (Å²) in [5, 5.41) is 12.7. The van der Waals surface area contributed by atoms with Crippen molar-refractivity contribution in [3.05, 3.63) is 84.4 Å². The molecule has 32 heavy (non-hydrogen) atoms. The van der Waals surface area contributed by atoms with Crippen molar-refractivity contribution in [2.45, 2.75) is 0 Å². The minimum absolute atomic E-state index is 0.0542. The number of nitrogens with zero attached hydrogens (tertiary/aromatic N) is 4. The van der Waals surface area contributed by atoms with Gasteiger partial charge < -0.3 is 0 Å². The SMILES string of the molecule is O=S(=O)(O)C(=C(c1ccccc1)S(=O)(=O)O)c1ccccc1.c1nc(-c2nc[nH]n2)n[nH]1. The molecule has 0 radical (unpaired) electrons. The molecule has 0 aliphatic heterocycles. The molecule has 0 saturated carbocycles. The van der Waals surface area contributed by atoms with Crippen LogP contribution in [0, 0.1) is 0 Å². The Morgan fingerprint density at radius 2 is 0.969 bits per heavy atom. The van der Waals surface area contributed by atoms with Crippen molar-refractivity contribution in [1.82, 2.24) is 30.4 Å². The van der Waals surface area contributed by atoms with Crippen LogP contribution in [0.2, 0.25) is 0 Å². The summed E-state index contributed by atoms with van der Waals surface area (Å²) in [7, 11) is -9.82. The molecule has 0 amide bonds. The molecule has 0 spiro atoms. The van der Waals surface area contributed by atoms with E-state index in [0.29, 0.717) is 11.6 Å². The summed E-state index contributed by atoms with van der Waals surface area (Å²) >= 11 is 0. The fourth-order valence-corrected chi connectivity index (χ4v) is 4.81. The van der Waals surface area contributed by atoms with E-state index in [1.165, 1.54) is 61.2 Å². The molecule has 0 aliphatic carbocycles. The molecule has 2 aromatic heterocycles. The topological polar surface area (TPSA) is 192 Å². The summed E-state index contributed by atoms with van der Waals surface area (Å²) in [6.45, 7) is 0.